The highest BCUT2D eigenvalue weighted by atomic mass is 32.2. The lowest BCUT2D eigenvalue weighted by molar-refractivity contribution is -0.161. The summed E-state index contributed by atoms with van der Waals surface area (Å²) in [5, 5.41) is -2.06. The zero-order chi connectivity index (χ0) is 43.1. The molecule has 3 heterocycles. The van der Waals surface area contributed by atoms with E-state index in [9.17, 15) is 27.6 Å². The summed E-state index contributed by atoms with van der Waals surface area (Å²) < 4.78 is 50.4. The number of hydrogen-bond donors (Lipinski definition) is 2. The molecule has 0 bridgehead atoms. The van der Waals surface area contributed by atoms with Crippen LogP contribution in [0.2, 0.25) is 36.3 Å². The average molecular weight is 851 g/mol. The first-order valence-electron chi connectivity index (χ1n) is 19.0. The normalized spacial score (nSPS) is 21.3. The zero-order valence-corrected chi connectivity index (χ0v) is 37.7. The molecule has 0 radical (unpaired) electrons. The van der Waals surface area contributed by atoms with Crippen molar-refractivity contribution < 1.29 is 46.1 Å². The third-order valence-corrected chi connectivity index (χ3v) is 22.9. The number of amides is 3. The van der Waals surface area contributed by atoms with Crippen LogP contribution >= 0.6 is 0 Å². The fourth-order valence-electron chi connectivity index (χ4n) is 5.92. The van der Waals surface area contributed by atoms with Crippen LogP contribution in [0.1, 0.15) is 81.7 Å². The number of carbonyl (C=O) groups is 4. The van der Waals surface area contributed by atoms with Gasteiger partial charge in [0.2, 0.25) is 16.6 Å². The second kappa shape index (κ2) is 16.2. The number of aromatic nitrogens is 1. The van der Waals surface area contributed by atoms with Crippen LogP contribution in [0.25, 0.3) is 6.08 Å². The SMILES string of the molecule is CC(C)(C)[Si](C)(C)ONC(=O)OC[C@@]1(C)[C@H](C(=O)OC(c2ccccc2)c2ccccc2)N2C(=O)/C(=C/c3cc(C(=O)NO[Si](C)(C)C(C)(C)C)ccn3)[C@H]2S1(=O)=O. The molecular formula is C41H54N4O10SSi2. The van der Waals surface area contributed by atoms with Crippen LogP contribution in [-0.4, -0.2) is 81.6 Å². The lowest BCUT2D eigenvalue weighted by atomic mass is 9.93. The molecular weight excluding hydrogens is 797 g/mol. The second-order valence-electron chi connectivity index (χ2n) is 17.9. The van der Waals surface area contributed by atoms with Crippen molar-refractivity contribution in [2.75, 3.05) is 6.61 Å². The number of β-lactam (4-membered cyclic amide) rings is 1. The monoisotopic (exact) mass is 850 g/mol. The number of hydroxylamine groups is 2. The van der Waals surface area contributed by atoms with Crippen molar-refractivity contribution in [3.05, 3.63) is 107 Å². The van der Waals surface area contributed by atoms with Gasteiger partial charge < -0.3 is 23.4 Å². The topological polar surface area (TPSA) is 180 Å². The summed E-state index contributed by atoms with van der Waals surface area (Å²) >= 11 is 0. The number of nitrogens with zero attached hydrogens (tertiary/aromatic N) is 2. The summed E-state index contributed by atoms with van der Waals surface area (Å²) in [6, 6.07) is 18.9. The molecule has 0 aliphatic carbocycles. The lowest BCUT2D eigenvalue weighted by Gasteiger charge is -2.39. The van der Waals surface area contributed by atoms with Crippen molar-refractivity contribution in [3.63, 3.8) is 0 Å². The van der Waals surface area contributed by atoms with Crippen LogP contribution in [0.4, 0.5) is 4.79 Å². The van der Waals surface area contributed by atoms with Gasteiger partial charge in [0, 0.05) is 11.8 Å². The molecule has 2 aromatic carbocycles. The van der Waals surface area contributed by atoms with Crippen molar-refractivity contribution in [3.8, 4) is 0 Å². The van der Waals surface area contributed by atoms with E-state index in [0.29, 0.717) is 11.1 Å². The number of nitrogens with one attached hydrogen (secondary N) is 2. The molecule has 5 rings (SSSR count). The maximum atomic E-state index is 14.7. The van der Waals surface area contributed by atoms with Gasteiger partial charge in [0.25, 0.3) is 11.8 Å². The standard InChI is InChI=1S/C41H54N4O10SSi2/c1-39(2,3)57(8,9)54-43-34(46)29-22-23-42-30(24-29)25-31-35(47)45-33(37(48)53-32(27-18-14-12-15-19-27)28-20-16-13-17-21-28)41(7,56(50,51)36(31)45)26-52-38(49)44-55-58(10,11)40(4,5)6/h12-25,32-33,36H,26H2,1-11H3,(H,43,46)(H,44,49)/b31-25-/t33-,36+,41-/m0/s1. The minimum absolute atomic E-state index is 0.123. The summed E-state index contributed by atoms with van der Waals surface area (Å²) in [6.45, 7) is 20.2. The summed E-state index contributed by atoms with van der Waals surface area (Å²) in [5.41, 5.74) is 6.15. The van der Waals surface area contributed by atoms with Crippen molar-refractivity contribution >= 4 is 56.4 Å². The Kier molecular flexibility index (Phi) is 12.4. The molecule has 2 aliphatic heterocycles. The van der Waals surface area contributed by atoms with Gasteiger partial charge in [-0.1, -0.05) is 102 Å². The number of ether oxygens (including phenoxy) is 2. The average Bonchev–Trinajstić information content (AvgIpc) is 3.32. The Hall–Kier alpha value is -4.69. The van der Waals surface area contributed by atoms with Gasteiger partial charge in [-0.05, 0) is 72.5 Å². The number of carbonyl (C=O) groups excluding carboxylic acids is 4. The smallest absolute Gasteiger partial charge is 0.430 e. The van der Waals surface area contributed by atoms with Gasteiger partial charge in [0.05, 0.1) is 11.3 Å². The number of pyridine rings is 1. The van der Waals surface area contributed by atoms with E-state index in [1.54, 1.807) is 48.5 Å². The molecule has 17 heteroatoms. The van der Waals surface area contributed by atoms with Crippen LogP contribution in [0.15, 0.2) is 84.6 Å². The second-order valence-corrected chi connectivity index (χ2v) is 29.8. The fourth-order valence-corrected chi connectivity index (χ4v) is 9.49. The maximum absolute atomic E-state index is 14.7. The van der Waals surface area contributed by atoms with Crippen molar-refractivity contribution in [1.29, 1.82) is 0 Å². The van der Waals surface area contributed by atoms with Gasteiger partial charge in [0.15, 0.2) is 27.4 Å². The van der Waals surface area contributed by atoms with Crippen LogP contribution in [0, 0.1) is 0 Å². The highest BCUT2D eigenvalue weighted by Gasteiger charge is 2.73. The Morgan fingerprint density at radius 2 is 1.38 bits per heavy atom. The molecule has 3 aromatic rings. The molecule has 3 amide bonds. The van der Waals surface area contributed by atoms with E-state index in [0.717, 1.165) is 4.90 Å². The number of hydrogen-bond acceptors (Lipinski definition) is 11. The Bertz CT molecular complexity index is 2150. The predicted molar refractivity (Wildman–Crippen MR) is 223 cm³/mol. The largest absolute Gasteiger partial charge is 0.451 e. The molecule has 0 saturated carbocycles. The number of benzene rings is 2. The minimum atomic E-state index is -4.54. The highest BCUT2D eigenvalue weighted by Crippen LogP contribution is 2.50. The first-order chi connectivity index (χ1) is 26.8. The molecule has 2 aliphatic rings. The van der Waals surface area contributed by atoms with Crippen LogP contribution in [0.5, 0.6) is 0 Å². The van der Waals surface area contributed by atoms with Crippen LogP contribution in [-0.2, 0) is 38.0 Å². The van der Waals surface area contributed by atoms with E-state index in [1.807, 2.05) is 79.9 Å². The van der Waals surface area contributed by atoms with Crippen molar-refractivity contribution in [2.24, 2.45) is 0 Å². The predicted octanol–water partition coefficient (Wildman–Crippen LogP) is 6.85. The molecule has 14 nitrogen and oxygen atoms in total. The summed E-state index contributed by atoms with van der Waals surface area (Å²) in [5.74, 6) is -2.32. The minimum Gasteiger partial charge on any atom is -0.451 e. The highest BCUT2D eigenvalue weighted by molar-refractivity contribution is 7.94. The fraction of sp³-hybridized carbons (Fsp3) is 0.439. The zero-order valence-electron chi connectivity index (χ0n) is 34.9. The first-order valence-corrected chi connectivity index (χ1v) is 26.3. The van der Waals surface area contributed by atoms with Gasteiger partial charge >= 0.3 is 12.1 Å². The molecule has 3 atom stereocenters. The molecule has 2 N–H and O–H groups in total. The Morgan fingerprint density at radius 3 is 1.90 bits per heavy atom. The van der Waals surface area contributed by atoms with E-state index >= 15 is 0 Å². The van der Waals surface area contributed by atoms with Gasteiger partial charge in [-0.3, -0.25) is 14.6 Å². The lowest BCUT2D eigenvalue weighted by Crippen LogP contribution is -2.60. The van der Waals surface area contributed by atoms with Gasteiger partial charge in [-0.25, -0.2) is 29.0 Å². The van der Waals surface area contributed by atoms with Gasteiger partial charge in [-0.2, -0.15) is 0 Å². The summed E-state index contributed by atoms with van der Waals surface area (Å²) in [4.78, 5) is 59.9. The quantitative estimate of drug-likeness (QED) is 0.0640. The number of sulfone groups is 1. The van der Waals surface area contributed by atoms with Gasteiger partial charge in [-0.15, -0.1) is 0 Å². The van der Waals surface area contributed by atoms with E-state index in [1.165, 1.54) is 31.3 Å². The molecule has 2 fully saturated rings. The van der Waals surface area contributed by atoms with E-state index in [-0.39, 0.29) is 26.9 Å². The third-order valence-electron chi connectivity index (χ3n) is 11.7. The summed E-state index contributed by atoms with van der Waals surface area (Å²) in [6.07, 6.45) is 0.604. The van der Waals surface area contributed by atoms with E-state index in [2.05, 4.69) is 15.9 Å². The van der Waals surface area contributed by atoms with Crippen molar-refractivity contribution in [1.82, 2.24) is 20.8 Å². The van der Waals surface area contributed by atoms with Crippen molar-refractivity contribution in [2.45, 2.75) is 107 Å². The third kappa shape index (κ3) is 8.68. The molecule has 312 valence electrons. The van der Waals surface area contributed by atoms with Gasteiger partial charge in [0.1, 0.15) is 11.4 Å². The molecule has 0 unspecified atom stereocenters. The van der Waals surface area contributed by atoms with Crippen LogP contribution < -0.4 is 11.0 Å². The first kappa shape index (κ1) is 44.4. The Morgan fingerprint density at radius 1 is 0.862 bits per heavy atom. The molecule has 2 saturated heterocycles. The Labute approximate surface area is 342 Å². The number of esters is 1. The van der Waals surface area contributed by atoms with Crippen LogP contribution in [0.3, 0.4) is 0 Å². The van der Waals surface area contributed by atoms with E-state index < -0.39 is 79.2 Å². The number of fused-ring (bicyclic) bond motifs is 1. The Balaban J connectivity index is 1.48. The summed E-state index contributed by atoms with van der Waals surface area (Å²) in [7, 11) is -9.38. The van der Waals surface area contributed by atoms with E-state index in [4.69, 9.17) is 18.5 Å². The molecule has 58 heavy (non-hydrogen) atoms. The number of rotatable bonds is 12. The maximum Gasteiger partial charge on any atom is 0.430 e. The molecule has 1 aromatic heterocycles. The molecule has 0 spiro atoms.